The summed E-state index contributed by atoms with van der Waals surface area (Å²) in [5, 5.41) is 11.9. The molecular formula is C16H14ClN3O. The van der Waals surface area contributed by atoms with Crippen LogP contribution < -0.4 is 11.1 Å². The number of nitrogens with zero attached hydrogens (tertiary/aromatic N) is 1. The monoisotopic (exact) mass is 299 g/mol. The van der Waals surface area contributed by atoms with Gasteiger partial charge in [-0.05, 0) is 23.8 Å². The van der Waals surface area contributed by atoms with Gasteiger partial charge in [-0.15, -0.1) is 0 Å². The summed E-state index contributed by atoms with van der Waals surface area (Å²) in [5.74, 6) is -0.673. The summed E-state index contributed by atoms with van der Waals surface area (Å²) in [5.41, 5.74) is 7.46. The van der Waals surface area contributed by atoms with E-state index in [4.69, 9.17) is 22.6 Å². The maximum Gasteiger partial charge on any atom is 0.233 e. The number of benzene rings is 2. The number of halogens is 1. The van der Waals surface area contributed by atoms with Crippen molar-refractivity contribution >= 4 is 23.2 Å². The average Bonchev–Trinajstić information content (AvgIpc) is 2.51. The van der Waals surface area contributed by atoms with Crippen LogP contribution in [0.15, 0.2) is 48.5 Å². The number of nitriles is 1. The number of rotatable bonds is 4. The fraction of sp³-hybridized carbons (Fsp3) is 0.125. The van der Waals surface area contributed by atoms with Crippen molar-refractivity contribution in [2.45, 2.75) is 5.92 Å². The third kappa shape index (κ3) is 3.60. The number of anilines is 1. The fourth-order valence-corrected chi connectivity index (χ4v) is 2.21. The molecule has 2 aromatic carbocycles. The van der Waals surface area contributed by atoms with Crippen LogP contribution in [0.5, 0.6) is 0 Å². The Balaban J connectivity index is 2.19. The van der Waals surface area contributed by atoms with Crippen molar-refractivity contribution in [1.82, 2.24) is 0 Å². The summed E-state index contributed by atoms with van der Waals surface area (Å²) in [6.45, 7) is 0.198. The Morgan fingerprint density at radius 1 is 1.29 bits per heavy atom. The van der Waals surface area contributed by atoms with Gasteiger partial charge < -0.3 is 11.1 Å². The minimum absolute atomic E-state index is 0.198. The highest BCUT2D eigenvalue weighted by Crippen LogP contribution is 2.24. The van der Waals surface area contributed by atoms with Crippen LogP contribution in [0.2, 0.25) is 5.02 Å². The second-order valence-electron chi connectivity index (χ2n) is 4.49. The predicted octanol–water partition coefficient (Wildman–Crippen LogP) is 2.89. The lowest BCUT2D eigenvalue weighted by Crippen LogP contribution is -2.27. The van der Waals surface area contributed by atoms with E-state index in [0.717, 1.165) is 5.56 Å². The maximum absolute atomic E-state index is 12.3. The van der Waals surface area contributed by atoms with E-state index in [2.05, 4.69) is 5.32 Å². The van der Waals surface area contributed by atoms with Crippen molar-refractivity contribution in [3.63, 3.8) is 0 Å². The minimum Gasteiger partial charge on any atom is -0.329 e. The van der Waals surface area contributed by atoms with Crippen molar-refractivity contribution in [1.29, 1.82) is 5.26 Å². The van der Waals surface area contributed by atoms with Gasteiger partial charge in [-0.1, -0.05) is 41.9 Å². The molecule has 0 aromatic heterocycles. The molecule has 5 heteroatoms. The largest absolute Gasteiger partial charge is 0.329 e. The van der Waals surface area contributed by atoms with E-state index in [-0.39, 0.29) is 12.5 Å². The van der Waals surface area contributed by atoms with Crippen molar-refractivity contribution in [2.75, 3.05) is 11.9 Å². The van der Waals surface area contributed by atoms with E-state index in [0.29, 0.717) is 16.3 Å². The molecule has 1 atom stereocenters. The summed E-state index contributed by atoms with van der Waals surface area (Å²) in [6.07, 6.45) is 0. The molecule has 0 bridgehead atoms. The molecule has 0 aliphatic carbocycles. The zero-order valence-corrected chi connectivity index (χ0v) is 12.0. The summed E-state index contributed by atoms with van der Waals surface area (Å²) in [7, 11) is 0. The molecule has 106 valence electrons. The van der Waals surface area contributed by atoms with Gasteiger partial charge in [0, 0.05) is 6.54 Å². The molecule has 0 spiro atoms. The first-order chi connectivity index (χ1) is 10.2. The van der Waals surface area contributed by atoms with Crippen LogP contribution in [0.4, 0.5) is 5.69 Å². The first-order valence-electron chi connectivity index (χ1n) is 6.41. The van der Waals surface area contributed by atoms with Gasteiger partial charge in [0.2, 0.25) is 5.91 Å². The Morgan fingerprint density at radius 2 is 2.00 bits per heavy atom. The van der Waals surface area contributed by atoms with Crippen LogP contribution in [0.1, 0.15) is 17.0 Å². The molecule has 0 saturated heterocycles. The van der Waals surface area contributed by atoms with Crippen LogP contribution in [0, 0.1) is 11.3 Å². The second-order valence-corrected chi connectivity index (χ2v) is 4.90. The first-order valence-corrected chi connectivity index (χ1v) is 6.79. The Bertz CT molecular complexity index is 680. The molecule has 1 unspecified atom stereocenters. The van der Waals surface area contributed by atoms with E-state index in [9.17, 15) is 4.79 Å². The van der Waals surface area contributed by atoms with Crippen molar-refractivity contribution in [2.24, 2.45) is 5.73 Å². The second kappa shape index (κ2) is 6.89. The highest BCUT2D eigenvalue weighted by Gasteiger charge is 2.19. The lowest BCUT2D eigenvalue weighted by Gasteiger charge is -2.16. The highest BCUT2D eigenvalue weighted by molar-refractivity contribution is 6.33. The van der Waals surface area contributed by atoms with Crippen LogP contribution in [0.25, 0.3) is 0 Å². The van der Waals surface area contributed by atoms with Gasteiger partial charge in [-0.25, -0.2) is 0 Å². The van der Waals surface area contributed by atoms with Gasteiger partial charge in [-0.3, -0.25) is 4.79 Å². The normalized spacial score (nSPS) is 11.5. The number of carbonyl (C=O) groups is 1. The summed E-state index contributed by atoms with van der Waals surface area (Å²) < 4.78 is 0. The van der Waals surface area contributed by atoms with Crippen molar-refractivity contribution in [3.05, 3.63) is 64.7 Å². The van der Waals surface area contributed by atoms with Crippen LogP contribution in [-0.4, -0.2) is 12.5 Å². The molecule has 0 fully saturated rings. The van der Waals surface area contributed by atoms with E-state index in [1.54, 1.807) is 12.1 Å². The van der Waals surface area contributed by atoms with Crippen molar-refractivity contribution < 1.29 is 4.79 Å². The van der Waals surface area contributed by atoms with Gasteiger partial charge in [0.05, 0.1) is 28.3 Å². The van der Waals surface area contributed by atoms with E-state index >= 15 is 0 Å². The van der Waals surface area contributed by atoms with Crippen LogP contribution in [0.3, 0.4) is 0 Å². The molecule has 0 aliphatic rings. The number of hydrogen-bond acceptors (Lipinski definition) is 3. The van der Waals surface area contributed by atoms with Gasteiger partial charge >= 0.3 is 0 Å². The third-order valence-corrected chi connectivity index (χ3v) is 3.42. The summed E-state index contributed by atoms with van der Waals surface area (Å²) >= 11 is 6.05. The fourth-order valence-electron chi connectivity index (χ4n) is 1.99. The molecular weight excluding hydrogens is 286 g/mol. The molecule has 0 radical (unpaired) electrons. The molecule has 1 amide bonds. The number of carbonyl (C=O) groups excluding carboxylic acids is 1. The number of hydrogen-bond donors (Lipinski definition) is 2. The Hall–Kier alpha value is -2.35. The van der Waals surface area contributed by atoms with Gasteiger partial charge in [0.1, 0.15) is 0 Å². The summed E-state index contributed by atoms with van der Waals surface area (Å²) in [4.78, 5) is 12.3. The maximum atomic E-state index is 12.3. The van der Waals surface area contributed by atoms with Gasteiger partial charge in [0.15, 0.2) is 0 Å². The molecule has 3 N–H and O–H groups in total. The molecule has 0 saturated carbocycles. The van der Waals surface area contributed by atoms with E-state index in [1.807, 2.05) is 36.4 Å². The van der Waals surface area contributed by atoms with Gasteiger partial charge in [0.25, 0.3) is 0 Å². The van der Waals surface area contributed by atoms with Crippen LogP contribution in [-0.2, 0) is 4.79 Å². The quantitative estimate of drug-likeness (QED) is 0.911. The topological polar surface area (TPSA) is 78.9 Å². The minimum atomic E-state index is -0.446. The summed E-state index contributed by atoms with van der Waals surface area (Å²) in [6, 6.07) is 16.0. The van der Waals surface area contributed by atoms with E-state index < -0.39 is 5.92 Å². The highest BCUT2D eigenvalue weighted by atomic mass is 35.5. The Labute approximate surface area is 128 Å². The van der Waals surface area contributed by atoms with Crippen molar-refractivity contribution in [3.8, 4) is 6.07 Å². The first kappa shape index (κ1) is 15.0. The Morgan fingerprint density at radius 3 is 2.57 bits per heavy atom. The molecule has 0 aliphatic heterocycles. The predicted molar refractivity (Wildman–Crippen MR) is 83.0 cm³/mol. The molecule has 0 heterocycles. The van der Waals surface area contributed by atoms with Gasteiger partial charge in [-0.2, -0.15) is 5.26 Å². The molecule has 21 heavy (non-hydrogen) atoms. The smallest absolute Gasteiger partial charge is 0.233 e. The molecule has 4 nitrogen and oxygen atoms in total. The standard InChI is InChI=1S/C16H14ClN3O/c17-14-8-11(9-18)6-7-15(14)20-16(21)13(10-19)12-4-2-1-3-5-12/h1-8,13H,10,19H2,(H,20,21). The number of nitrogens with one attached hydrogen (secondary N) is 1. The third-order valence-electron chi connectivity index (χ3n) is 3.11. The Kier molecular flexibility index (Phi) is 4.94. The zero-order valence-electron chi connectivity index (χ0n) is 11.2. The lowest BCUT2D eigenvalue weighted by atomic mass is 9.98. The SMILES string of the molecule is N#Cc1ccc(NC(=O)C(CN)c2ccccc2)c(Cl)c1. The lowest BCUT2D eigenvalue weighted by molar-refractivity contribution is -0.117. The molecule has 2 rings (SSSR count). The zero-order chi connectivity index (χ0) is 15.2. The van der Waals surface area contributed by atoms with E-state index in [1.165, 1.54) is 6.07 Å². The number of amides is 1. The number of nitrogens with two attached hydrogens (primary N) is 1. The molecule has 2 aromatic rings. The van der Waals surface area contributed by atoms with Crippen LogP contribution >= 0.6 is 11.6 Å². The average molecular weight is 300 g/mol.